The third-order valence-electron chi connectivity index (χ3n) is 6.16. The average molecular weight is 429 g/mol. The first-order chi connectivity index (χ1) is 15.6. The summed E-state index contributed by atoms with van der Waals surface area (Å²) in [5.41, 5.74) is 2.72. The van der Waals surface area contributed by atoms with Gasteiger partial charge in [-0.2, -0.15) is 0 Å². The van der Waals surface area contributed by atoms with Crippen molar-refractivity contribution in [3.8, 4) is 5.75 Å². The standard InChI is InChI=1S/C27H28N2O3/c1-32-24-19-22(14-15-23(24)29-25(30)18-20-10-4-2-5-11-20)28-26(31)27(16-8-9-17-27)21-12-6-3-7-13-21/h2-7,10-15,19H,8-9,16-18H2,1H3,(H,28,31)(H,29,30). The van der Waals surface area contributed by atoms with Crippen LogP contribution in [-0.2, 0) is 21.4 Å². The molecule has 0 spiro atoms. The van der Waals surface area contributed by atoms with Crippen molar-refractivity contribution in [1.29, 1.82) is 0 Å². The van der Waals surface area contributed by atoms with Crippen LogP contribution in [0, 0.1) is 0 Å². The van der Waals surface area contributed by atoms with Gasteiger partial charge in [-0.25, -0.2) is 0 Å². The minimum Gasteiger partial charge on any atom is -0.494 e. The second kappa shape index (κ2) is 9.69. The molecular formula is C27H28N2O3. The molecule has 32 heavy (non-hydrogen) atoms. The first kappa shape index (κ1) is 21.6. The SMILES string of the molecule is COc1cc(NC(=O)C2(c3ccccc3)CCCC2)ccc1NC(=O)Cc1ccccc1. The molecule has 1 aliphatic rings. The molecule has 5 nitrogen and oxygen atoms in total. The molecule has 2 amide bonds. The molecule has 0 saturated heterocycles. The number of nitrogens with one attached hydrogen (secondary N) is 2. The maximum Gasteiger partial charge on any atom is 0.235 e. The van der Waals surface area contributed by atoms with Gasteiger partial charge >= 0.3 is 0 Å². The highest BCUT2D eigenvalue weighted by atomic mass is 16.5. The Labute approximate surface area is 188 Å². The maximum atomic E-state index is 13.4. The van der Waals surface area contributed by atoms with Crippen molar-refractivity contribution in [3.05, 3.63) is 90.0 Å². The second-order valence-electron chi connectivity index (χ2n) is 8.23. The molecule has 4 rings (SSSR count). The highest BCUT2D eigenvalue weighted by Crippen LogP contribution is 2.42. The molecule has 164 valence electrons. The van der Waals surface area contributed by atoms with Gasteiger partial charge in [0, 0.05) is 11.8 Å². The number of benzene rings is 3. The van der Waals surface area contributed by atoms with Crippen molar-refractivity contribution >= 4 is 23.2 Å². The van der Waals surface area contributed by atoms with Gasteiger partial charge in [-0.1, -0.05) is 73.5 Å². The van der Waals surface area contributed by atoms with Gasteiger partial charge in [0.05, 0.1) is 24.6 Å². The zero-order chi connectivity index (χ0) is 22.4. The lowest BCUT2D eigenvalue weighted by molar-refractivity contribution is -0.121. The first-order valence-corrected chi connectivity index (χ1v) is 11.0. The Morgan fingerprint density at radius 2 is 1.53 bits per heavy atom. The fourth-order valence-corrected chi connectivity index (χ4v) is 4.48. The van der Waals surface area contributed by atoms with E-state index in [-0.39, 0.29) is 18.2 Å². The van der Waals surface area contributed by atoms with E-state index in [0.717, 1.165) is 36.8 Å². The van der Waals surface area contributed by atoms with Crippen LogP contribution in [-0.4, -0.2) is 18.9 Å². The van der Waals surface area contributed by atoms with Crippen molar-refractivity contribution < 1.29 is 14.3 Å². The molecule has 1 aliphatic carbocycles. The van der Waals surface area contributed by atoms with Crippen LogP contribution in [0.25, 0.3) is 0 Å². The van der Waals surface area contributed by atoms with Gasteiger partial charge in [-0.3, -0.25) is 9.59 Å². The van der Waals surface area contributed by atoms with Gasteiger partial charge in [-0.15, -0.1) is 0 Å². The summed E-state index contributed by atoms with van der Waals surface area (Å²) in [7, 11) is 1.55. The number of amides is 2. The van der Waals surface area contributed by atoms with Crippen molar-refractivity contribution in [2.75, 3.05) is 17.7 Å². The van der Waals surface area contributed by atoms with Crippen molar-refractivity contribution in [2.45, 2.75) is 37.5 Å². The quantitative estimate of drug-likeness (QED) is 0.535. The minimum atomic E-state index is -0.503. The zero-order valence-corrected chi connectivity index (χ0v) is 18.3. The van der Waals surface area contributed by atoms with E-state index in [9.17, 15) is 9.59 Å². The monoisotopic (exact) mass is 428 g/mol. The van der Waals surface area contributed by atoms with Crippen LogP contribution in [0.4, 0.5) is 11.4 Å². The summed E-state index contributed by atoms with van der Waals surface area (Å²) in [5.74, 6) is 0.383. The lowest BCUT2D eigenvalue weighted by atomic mass is 9.78. The van der Waals surface area contributed by atoms with Crippen LogP contribution in [0.3, 0.4) is 0 Å². The molecule has 0 aromatic heterocycles. The van der Waals surface area contributed by atoms with E-state index in [1.165, 1.54) is 0 Å². The molecular weight excluding hydrogens is 400 g/mol. The Balaban J connectivity index is 1.49. The highest BCUT2D eigenvalue weighted by Gasteiger charge is 2.42. The predicted octanol–water partition coefficient (Wildman–Crippen LogP) is 5.33. The smallest absolute Gasteiger partial charge is 0.235 e. The number of hydrogen-bond acceptors (Lipinski definition) is 3. The summed E-state index contributed by atoms with van der Waals surface area (Å²) in [4.78, 5) is 25.8. The fourth-order valence-electron chi connectivity index (χ4n) is 4.48. The Hall–Kier alpha value is -3.60. The minimum absolute atomic E-state index is 0.00381. The van der Waals surface area contributed by atoms with Gasteiger partial charge in [0.2, 0.25) is 11.8 Å². The molecule has 5 heteroatoms. The van der Waals surface area contributed by atoms with Crippen LogP contribution >= 0.6 is 0 Å². The number of ether oxygens (including phenoxy) is 1. The van der Waals surface area contributed by atoms with Gasteiger partial charge < -0.3 is 15.4 Å². The number of rotatable bonds is 7. The van der Waals surface area contributed by atoms with Gasteiger partial charge in [-0.05, 0) is 36.1 Å². The van der Waals surface area contributed by atoms with E-state index in [1.54, 1.807) is 25.3 Å². The molecule has 1 saturated carbocycles. The second-order valence-corrected chi connectivity index (χ2v) is 8.23. The summed E-state index contributed by atoms with van der Waals surface area (Å²) in [6.45, 7) is 0. The third kappa shape index (κ3) is 4.67. The average Bonchev–Trinajstić information content (AvgIpc) is 3.33. The summed E-state index contributed by atoms with van der Waals surface area (Å²) < 4.78 is 5.49. The topological polar surface area (TPSA) is 67.4 Å². The lowest BCUT2D eigenvalue weighted by Crippen LogP contribution is -2.37. The van der Waals surface area contributed by atoms with Crippen LogP contribution in [0.1, 0.15) is 36.8 Å². The molecule has 0 aliphatic heterocycles. The molecule has 0 atom stereocenters. The summed E-state index contributed by atoms with van der Waals surface area (Å²) >= 11 is 0. The summed E-state index contributed by atoms with van der Waals surface area (Å²) in [6, 6.07) is 24.9. The predicted molar refractivity (Wildman–Crippen MR) is 127 cm³/mol. The Kier molecular flexibility index (Phi) is 6.55. The van der Waals surface area contributed by atoms with Crippen molar-refractivity contribution in [2.24, 2.45) is 0 Å². The number of carbonyl (C=O) groups is 2. The molecule has 0 unspecified atom stereocenters. The van der Waals surface area contributed by atoms with E-state index < -0.39 is 5.41 Å². The Morgan fingerprint density at radius 1 is 0.875 bits per heavy atom. The van der Waals surface area contributed by atoms with E-state index in [1.807, 2.05) is 60.7 Å². The number of carbonyl (C=O) groups excluding carboxylic acids is 2. The van der Waals surface area contributed by atoms with E-state index in [4.69, 9.17) is 4.74 Å². The van der Waals surface area contributed by atoms with E-state index >= 15 is 0 Å². The van der Waals surface area contributed by atoms with Crippen LogP contribution in [0.2, 0.25) is 0 Å². The summed E-state index contributed by atoms with van der Waals surface area (Å²) in [5, 5.41) is 5.99. The van der Waals surface area contributed by atoms with Gasteiger partial charge in [0.25, 0.3) is 0 Å². The molecule has 0 radical (unpaired) electrons. The van der Waals surface area contributed by atoms with Crippen molar-refractivity contribution in [3.63, 3.8) is 0 Å². The lowest BCUT2D eigenvalue weighted by Gasteiger charge is -2.28. The normalized spacial score (nSPS) is 14.5. The third-order valence-corrected chi connectivity index (χ3v) is 6.16. The number of methoxy groups -OCH3 is 1. The zero-order valence-electron chi connectivity index (χ0n) is 18.3. The number of anilines is 2. The Bertz CT molecular complexity index is 1070. The maximum absolute atomic E-state index is 13.4. The van der Waals surface area contributed by atoms with Crippen molar-refractivity contribution in [1.82, 2.24) is 0 Å². The molecule has 3 aromatic carbocycles. The number of hydrogen-bond donors (Lipinski definition) is 2. The van der Waals surface area contributed by atoms with Crippen LogP contribution in [0.15, 0.2) is 78.9 Å². The van der Waals surface area contributed by atoms with Crippen LogP contribution in [0.5, 0.6) is 5.75 Å². The molecule has 2 N–H and O–H groups in total. The highest BCUT2D eigenvalue weighted by molar-refractivity contribution is 6.00. The summed E-state index contributed by atoms with van der Waals surface area (Å²) in [6.07, 6.45) is 4.04. The Morgan fingerprint density at radius 3 is 2.19 bits per heavy atom. The largest absolute Gasteiger partial charge is 0.494 e. The fraction of sp³-hybridized carbons (Fsp3) is 0.259. The van der Waals surface area contributed by atoms with Crippen LogP contribution < -0.4 is 15.4 Å². The van der Waals surface area contributed by atoms with Gasteiger partial charge in [0.1, 0.15) is 5.75 Å². The van der Waals surface area contributed by atoms with E-state index in [0.29, 0.717) is 17.1 Å². The first-order valence-electron chi connectivity index (χ1n) is 11.0. The molecule has 3 aromatic rings. The van der Waals surface area contributed by atoms with Gasteiger partial charge in [0.15, 0.2) is 0 Å². The molecule has 0 heterocycles. The molecule has 0 bridgehead atoms. The molecule has 1 fully saturated rings. The van der Waals surface area contributed by atoms with E-state index in [2.05, 4.69) is 10.6 Å².